The van der Waals surface area contributed by atoms with E-state index in [-0.39, 0.29) is 12.5 Å². The van der Waals surface area contributed by atoms with Crippen LogP contribution in [-0.2, 0) is 4.79 Å². The van der Waals surface area contributed by atoms with Crippen LogP contribution in [-0.4, -0.2) is 18.2 Å². The molecule has 104 valence electrons. The lowest BCUT2D eigenvalue weighted by Gasteiger charge is -2.06. The second-order valence-electron chi connectivity index (χ2n) is 4.31. The maximum absolute atomic E-state index is 11.6. The van der Waals surface area contributed by atoms with Crippen molar-refractivity contribution in [2.75, 3.05) is 6.61 Å². The lowest BCUT2D eigenvalue weighted by atomic mass is 10.2. The van der Waals surface area contributed by atoms with E-state index in [1.807, 2.05) is 55.6 Å². The maximum atomic E-state index is 11.6. The first-order chi connectivity index (χ1) is 9.65. The molecular weight excluding hydrogens is 272 g/mol. The van der Waals surface area contributed by atoms with E-state index in [4.69, 9.17) is 4.74 Å². The zero-order valence-electron chi connectivity index (χ0n) is 11.4. The molecule has 0 unspecified atom stereocenters. The van der Waals surface area contributed by atoms with Gasteiger partial charge in [0, 0.05) is 4.88 Å². The number of thiophene rings is 1. The molecule has 0 spiro atoms. The predicted octanol–water partition coefficient (Wildman–Crippen LogP) is 2.98. The summed E-state index contributed by atoms with van der Waals surface area (Å²) in [5, 5.41) is 6.01. The van der Waals surface area contributed by atoms with Gasteiger partial charge in [-0.25, -0.2) is 5.43 Å². The van der Waals surface area contributed by atoms with E-state index in [1.54, 1.807) is 11.3 Å². The van der Waals surface area contributed by atoms with E-state index in [0.717, 1.165) is 16.2 Å². The van der Waals surface area contributed by atoms with Gasteiger partial charge in [-0.2, -0.15) is 5.10 Å². The fourth-order valence-electron chi connectivity index (χ4n) is 1.57. The maximum Gasteiger partial charge on any atom is 0.277 e. The summed E-state index contributed by atoms with van der Waals surface area (Å²) in [5.41, 5.74) is 4.36. The molecule has 0 atom stereocenters. The highest BCUT2D eigenvalue weighted by atomic mass is 32.1. The first kappa shape index (κ1) is 14.3. The second-order valence-corrected chi connectivity index (χ2v) is 5.26. The molecule has 1 amide bonds. The van der Waals surface area contributed by atoms with Gasteiger partial charge in [-0.05, 0) is 43.0 Å². The highest BCUT2D eigenvalue weighted by molar-refractivity contribution is 7.12. The second kappa shape index (κ2) is 6.86. The van der Waals surface area contributed by atoms with Crippen LogP contribution in [0.5, 0.6) is 5.75 Å². The minimum atomic E-state index is -0.276. The summed E-state index contributed by atoms with van der Waals surface area (Å²) in [4.78, 5) is 12.7. The van der Waals surface area contributed by atoms with Crippen molar-refractivity contribution in [1.29, 1.82) is 0 Å². The number of nitrogens with one attached hydrogen (secondary N) is 1. The molecular formula is C15H16N2O2S. The van der Waals surface area contributed by atoms with Crippen LogP contribution in [0.15, 0.2) is 46.9 Å². The summed E-state index contributed by atoms with van der Waals surface area (Å²) in [5.74, 6) is 0.404. The van der Waals surface area contributed by atoms with Crippen LogP contribution in [0.4, 0.5) is 0 Å². The van der Waals surface area contributed by atoms with Crippen LogP contribution in [0.3, 0.4) is 0 Å². The topological polar surface area (TPSA) is 50.7 Å². The predicted molar refractivity (Wildman–Crippen MR) is 81.3 cm³/mol. The van der Waals surface area contributed by atoms with E-state index in [1.165, 1.54) is 0 Å². The summed E-state index contributed by atoms with van der Waals surface area (Å²) in [6.07, 6.45) is 0. The monoisotopic (exact) mass is 288 g/mol. The van der Waals surface area contributed by atoms with Gasteiger partial charge in [0.15, 0.2) is 6.61 Å². The summed E-state index contributed by atoms with van der Waals surface area (Å²) in [6.45, 7) is 3.78. The number of nitrogens with zero attached hydrogens (tertiary/aromatic N) is 1. The number of hydrogen-bond donors (Lipinski definition) is 1. The van der Waals surface area contributed by atoms with Crippen LogP contribution >= 0.6 is 11.3 Å². The highest BCUT2D eigenvalue weighted by Crippen LogP contribution is 2.12. The minimum absolute atomic E-state index is 0.0509. The zero-order valence-corrected chi connectivity index (χ0v) is 12.2. The van der Waals surface area contributed by atoms with Gasteiger partial charge in [-0.15, -0.1) is 11.3 Å². The molecule has 4 nitrogen and oxygen atoms in total. The van der Waals surface area contributed by atoms with Crippen molar-refractivity contribution >= 4 is 23.0 Å². The third kappa shape index (κ3) is 4.20. The van der Waals surface area contributed by atoms with Gasteiger partial charge >= 0.3 is 0 Å². The largest absolute Gasteiger partial charge is 0.484 e. The Morgan fingerprint density at radius 3 is 2.90 bits per heavy atom. The van der Waals surface area contributed by atoms with E-state index in [2.05, 4.69) is 10.5 Å². The van der Waals surface area contributed by atoms with Crippen LogP contribution < -0.4 is 10.2 Å². The number of benzene rings is 1. The molecule has 0 radical (unpaired) electrons. The fourth-order valence-corrected chi connectivity index (χ4v) is 2.25. The van der Waals surface area contributed by atoms with Gasteiger partial charge in [0.2, 0.25) is 0 Å². The molecule has 2 rings (SSSR count). The average Bonchev–Trinajstić information content (AvgIpc) is 2.97. The lowest BCUT2D eigenvalue weighted by molar-refractivity contribution is -0.123. The lowest BCUT2D eigenvalue weighted by Crippen LogP contribution is -2.25. The Morgan fingerprint density at radius 1 is 1.35 bits per heavy atom. The molecule has 1 heterocycles. The molecule has 1 N–H and O–H groups in total. The Labute approximate surface area is 122 Å². The van der Waals surface area contributed by atoms with Gasteiger partial charge in [-0.1, -0.05) is 18.2 Å². The van der Waals surface area contributed by atoms with Crippen molar-refractivity contribution in [3.8, 4) is 5.75 Å². The van der Waals surface area contributed by atoms with Crippen LogP contribution in [0, 0.1) is 6.92 Å². The van der Waals surface area contributed by atoms with Crippen molar-refractivity contribution in [1.82, 2.24) is 5.43 Å². The molecule has 0 aliphatic carbocycles. The van der Waals surface area contributed by atoms with E-state index >= 15 is 0 Å². The first-order valence-corrected chi connectivity index (χ1v) is 7.09. The Morgan fingerprint density at radius 2 is 2.20 bits per heavy atom. The Hall–Kier alpha value is -2.14. The molecule has 0 saturated heterocycles. The minimum Gasteiger partial charge on any atom is -0.484 e. The average molecular weight is 288 g/mol. The van der Waals surface area contributed by atoms with Crippen molar-refractivity contribution in [3.63, 3.8) is 0 Å². The molecule has 0 bridgehead atoms. The van der Waals surface area contributed by atoms with E-state index in [0.29, 0.717) is 5.75 Å². The smallest absolute Gasteiger partial charge is 0.277 e. The van der Waals surface area contributed by atoms with Gasteiger partial charge in [0.25, 0.3) is 5.91 Å². The number of amides is 1. The molecule has 1 aromatic heterocycles. The van der Waals surface area contributed by atoms with Crippen LogP contribution in [0.2, 0.25) is 0 Å². The van der Waals surface area contributed by atoms with E-state index < -0.39 is 0 Å². The fraction of sp³-hybridized carbons (Fsp3) is 0.200. The SMILES string of the molecule is CC(=NNC(=O)COc1cccc(C)c1)c1cccs1. The quantitative estimate of drug-likeness (QED) is 0.679. The number of rotatable bonds is 5. The molecule has 0 aliphatic heterocycles. The summed E-state index contributed by atoms with van der Waals surface area (Å²) in [6, 6.07) is 11.5. The van der Waals surface area contributed by atoms with Gasteiger partial charge < -0.3 is 4.74 Å². The molecule has 5 heteroatoms. The van der Waals surface area contributed by atoms with Gasteiger partial charge in [0.05, 0.1) is 5.71 Å². The van der Waals surface area contributed by atoms with Crippen LogP contribution in [0.25, 0.3) is 0 Å². The summed E-state index contributed by atoms with van der Waals surface area (Å²) >= 11 is 1.58. The number of ether oxygens (including phenoxy) is 1. The highest BCUT2D eigenvalue weighted by Gasteiger charge is 2.03. The third-order valence-corrected chi connectivity index (χ3v) is 3.56. The number of carbonyl (C=O) groups excluding carboxylic acids is 1. The standard InChI is InChI=1S/C15H16N2O2S/c1-11-5-3-6-13(9-11)19-10-15(18)17-16-12(2)14-7-4-8-20-14/h3-9H,10H2,1-2H3,(H,17,18). The van der Waals surface area contributed by atoms with Gasteiger partial charge in [-0.3, -0.25) is 4.79 Å². The van der Waals surface area contributed by atoms with Crippen molar-refractivity contribution in [3.05, 3.63) is 52.2 Å². The first-order valence-electron chi connectivity index (χ1n) is 6.21. The molecule has 1 aromatic carbocycles. The zero-order chi connectivity index (χ0) is 14.4. The molecule has 2 aromatic rings. The number of hydrogen-bond acceptors (Lipinski definition) is 4. The van der Waals surface area contributed by atoms with Crippen molar-refractivity contribution in [2.24, 2.45) is 5.10 Å². The van der Waals surface area contributed by atoms with E-state index in [9.17, 15) is 4.79 Å². The Balaban J connectivity index is 1.83. The van der Waals surface area contributed by atoms with Crippen molar-refractivity contribution < 1.29 is 9.53 Å². The van der Waals surface area contributed by atoms with Crippen molar-refractivity contribution in [2.45, 2.75) is 13.8 Å². The summed E-state index contributed by atoms with van der Waals surface area (Å²) in [7, 11) is 0. The molecule has 0 saturated carbocycles. The normalized spacial score (nSPS) is 11.2. The summed E-state index contributed by atoms with van der Waals surface area (Å²) < 4.78 is 5.39. The molecule has 0 fully saturated rings. The number of carbonyl (C=O) groups is 1. The van der Waals surface area contributed by atoms with Crippen LogP contribution in [0.1, 0.15) is 17.4 Å². The molecule has 0 aliphatic rings. The molecule has 20 heavy (non-hydrogen) atoms. The number of aryl methyl sites for hydroxylation is 1. The Bertz CT molecular complexity index is 606. The third-order valence-electron chi connectivity index (χ3n) is 2.59. The number of hydrazone groups is 1. The Kier molecular flexibility index (Phi) is 4.90. The van der Waals surface area contributed by atoms with Gasteiger partial charge in [0.1, 0.15) is 5.75 Å².